The minimum absolute atomic E-state index is 0.0225. The topological polar surface area (TPSA) is 71.8 Å². The molecule has 4 rings (SSSR count). The maximum atomic E-state index is 12.8. The first-order chi connectivity index (χ1) is 12.1. The van der Waals surface area contributed by atoms with E-state index in [2.05, 4.69) is 5.32 Å². The minimum atomic E-state index is -0.660. The third-order valence-electron chi connectivity index (χ3n) is 5.06. The molecule has 1 spiro atoms. The van der Waals surface area contributed by atoms with Crippen molar-refractivity contribution in [2.45, 2.75) is 24.9 Å². The van der Waals surface area contributed by atoms with E-state index >= 15 is 0 Å². The van der Waals surface area contributed by atoms with Gasteiger partial charge in [-0.05, 0) is 36.6 Å². The average molecular weight is 340 g/mol. The Hall–Kier alpha value is -2.60. The van der Waals surface area contributed by atoms with E-state index in [0.717, 1.165) is 24.1 Å². The van der Waals surface area contributed by atoms with Crippen LogP contribution in [0.5, 0.6) is 0 Å². The fraction of sp³-hybridized carbons (Fsp3) is 0.368. The largest absolute Gasteiger partial charge is 0.453 e. The predicted octanol–water partition coefficient (Wildman–Crippen LogP) is 2.55. The van der Waals surface area contributed by atoms with Gasteiger partial charge in [0.15, 0.2) is 5.76 Å². The lowest BCUT2D eigenvalue weighted by Gasteiger charge is -2.38. The molecule has 6 heteroatoms. The van der Waals surface area contributed by atoms with Crippen LogP contribution in [-0.4, -0.2) is 36.9 Å². The van der Waals surface area contributed by atoms with Gasteiger partial charge in [0.25, 0.3) is 5.91 Å². The monoisotopic (exact) mass is 340 g/mol. The zero-order valence-corrected chi connectivity index (χ0v) is 14.1. The van der Waals surface area contributed by atoms with Crippen LogP contribution in [0, 0.1) is 0 Å². The van der Waals surface area contributed by atoms with Crippen molar-refractivity contribution in [3.63, 3.8) is 0 Å². The Morgan fingerprint density at radius 1 is 1.32 bits per heavy atom. The summed E-state index contributed by atoms with van der Waals surface area (Å²) >= 11 is 0. The van der Waals surface area contributed by atoms with Gasteiger partial charge < -0.3 is 19.4 Å². The molecule has 6 nitrogen and oxygen atoms in total. The molecule has 2 amide bonds. The number of hydrogen-bond acceptors (Lipinski definition) is 4. The van der Waals surface area contributed by atoms with Crippen molar-refractivity contribution in [1.82, 2.24) is 4.90 Å². The number of benzene rings is 1. The maximum absolute atomic E-state index is 12.8. The van der Waals surface area contributed by atoms with E-state index in [1.54, 1.807) is 24.1 Å². The van der Waals surface area contributed by atoms with Gasteiger partial charge in [-0.25, -0.2) is 0 Å². The molecule has 25 heavy (non-hydrogen) atoms. The molecule has 1 N–H and O–H groups in total. The minimum Gasteiger partial charge on any atom is -0.453 e. The summed E-state index contributed by atoms with van der Waals surface area (Å²) < 4.78 is 10.6. The molecule has 130 valence electrons. The molecule has 0 aliphatic carbocycles. The third kappa shape index (κ3) is 2.53. The lowest BCUT2D eigenvalue weighted by atomic mass is 9.75. The molecule has 1 atom stereocenters. The normalized spacial score (nSPS) is 22.1. The Morgan fingerprint density at radius 3 is 3.00 bits per heavy atom. The molecule has 3 heterocycles. The standard InChI is InChI=1S/C19H20N2O4/c1-24-11-13-7-8-16(25-13)17(22)21-10-4-9-19(12-21)14-5-2-3-6-15(14)20-18(19)23/h2-3,5-8H,4,9-12H2,1H3,(H,20,23). The van der Waals surface area contributed by atoms with Crippen molar-refractivity contribution < 1.29 is 18.7 Å². The average Bonchev–Trinajstić information content (AvgIpc) is 3.19. The number of piperidine rings is 1. The van der Waals surface area contributed by atoms with Gasteiger partial charge in [-0.2, -0.15) is 0 Å². The molecule has 1 aromatic carbocycles. The van der Waals surface area contributed by atoms with Gasteiger partial charge in [0, 0.05) is 25.9 Å². The molecule has 1 saturated heterocycles. The lowest BCUT2D eigenvalue weighted by Crippen LogP contribution is -2.51. The smallest absolute Gasteiger partial charge is 0.289 e. The Kier molecular flexibility index (Phi) is 3.84. The first kappa shape index (κ1) is 15.9. The summed E-state index contributed by atoms with van der Waals surface area (Å²) in [7, 11) is 1.58. The van der Waals surface area contributed by atoms with Crippen LogP contribution < -0.4 is 5.32 Å². The number of rotatable bonds is 3. The van der Waals surface area contributed by atoms with Crippen molar-refractivity contribution >= 4 is 17.5 Å². The van der Waals surface area contributed by atoms with E-state index in [1.807, 2.05) is 24.3 Å². The zero-order valence-electron chi connectivity index (χ0n) is 14.1. The number of amides is 2. The second-order valence-corrected chi connectivity index (χ2v) is 6.61. The summed E-state index contributed by atoms with van der Waals surface area (Å²) in [6, 6.07) is 11.1. The summed E-state index contributed by atoms with van der Waals surface area (Å²) in [5.41, 5.74) is 1.17. The maximum Gasteiger partial charge on any atom is 0.289 e. The molecular weight excluding hydrogens is 320 g/mol. The van der Waals surface area contributed by atoms with Gasteiger partial charge in [-0.15, -0.1) is 0 Å². The van der Waals surface area contributed by atoms with Gasteiger partial charge >= 0.3 is 0 Å². The fourth-order valence-corrected chi connectivity index (χ4v) is 3.88. The van der Waals surface area contributed by atoms with Crippen LogP contribution in [0.4, 0.5) is 5.69 Å². The molecule has 0 bridgehead atoms. The Bertz CT molecular complexity index is 828. The number of carbonyl (C=O) groups is 2. The molecular formula is C19H20N2O4. The van der Waals surface area contributed by atoms with Crippen molar-refractivity contribution in [2.75, 3.05) is 25.5 Å². The van der Waals surface area contributed by atoms with Crippen molar-refractivity contribution in [3.8, 4) is 0 Å². The number of anilines is 1. The highest BCUT2D eigenvalue weighted by atomic mass is 16.5. The first-order valence-electron chi connectivity index (χ1n) is 8.42. The Labute approximate surface area is 145 Å². The molecule has 1 fully saturated rings. The molecule has 2 aliphatic rings. The molecule has 1 unspecified atom stereocenters. The van der Waals surface area contributed by atoms with Crippen molar-refractivity contribution in [2.24, 2.45) is 0 Å². The number of carbonyl (C=O) groups excluding carboxylic acids is 2. The predicted molar refractivity (Wildman–Crippen MR) is 91.3 cm³/mol. The highest BCUT2D eigenvalue weighted by Crippen LogP contribution is 2.43. The Morgan fingerprint density at radius 2 is 2.16 bits per heavy atom. The van der Waals surface area contributed by atoms with Crippen LogP contribution in [0.25, 0.3) is 0 Å². The summed E-state index contributed by atoms with van der Waals surface area (Å²) in [4.78, 5) is 27.3. The Balaban J connectivity index is 1.61. The van der Waals surface area contributed by atoms with Gasteiger partial charge in [-0.1, -0.05) is 18.2 Å². The van der Waals surface area contributed by atoms with E-state index in [9.17, 15) is 9.59 Å². The molecule has 0 saturated carbocycles. The van der Waals surface area contributed by atoms with Gasteiger partial charge in [0.1, 0.15) is 12.4 Å². The number of nitrogens with one attached hydrogen (secondary N) is 1. The van der Waals surface area contributed by atoms with E-state index in [0.29, 0.717) is 25.5 Å². The van der Waals surface area contributed by atoms with Gasteiger partial charge in [-0.3, -0.25) is 9.59 Å². The van der Waals surface area contributed by atoms with Crippen LogP contribution in [-0.2, 0) is 21.6 Å². The van der Waals surface area contributed by atoms with Crippen LogP contribution in [0.1, 0.15) is 34.7 Å². The number of hydrogen-bond donors (Lipinski definition) is 1. The third-order valence-corrected chi connectivity index (χ3v) is 5.06. The van der Waals surface area contributed by atoms with E-state index in [1.165, 1.54) is 0 Å². The molecule has 0 radical (unpaired) electrons. The SMILES string of the molecule is COCc1ccc(C(=O)N2CCCC3(C2)C(=O)Nc2ccccc23)o1. The van der Waals surface area contributed by atoms with Crippen LogP contribution in [0.2, 0.25) is 0 Å². The number of likely N-dealkylation sites (tertiary alicyclic amines) is 1. The summed E-state index contributed by atoms with van der Waals surface area (Å²) in [5.74, 6) is 0.696. The van der Waals surface area contributed by atoms with Crippen molar-refractivity contribution in [3.05, 3.63) is 53.5 Å². The summed E-state index contributed by atoms with van der Waals surface area (Å²) in [6.07, 6.45) is 1.52. The molecule has 2 aromatic rings. The number of ether oxygens (including phenoxy) is 1. The first-order valence-corrected chi connectivity index (χ1v) is 8.42. The van der Waals surface area contributed by atoms with Crippen LogP contribution in [0.15, 0.2) is 40.8 Å². The van der Waals surface area contributed by atoms with Gasteiger partial charge in [0.2, 0.25) is 5.91 Å². The fourth-order valence-electron chi connectivity index (χ4n) is 3.88. The molecule has 2 aliphatic heterocycles. The van der Waals surface area contributed by atoms with Crippen LogP contribution >= 0.6 is 0 Å². The van der Waals surface area contributed by atoms with E-state index < -0.39 is 5.41 Å². The number of methoxy groups -OCH3 is 1. The highest BCUT2D eigenvalue weighted by molar-refractivity contribution is 6.07. The second-order valence-electron chi connectivity index (χ2n) is 6.61. The molecule has 1 aromatic heterocycles. The summed E-state index contributed by atoms with van der Waals surface area (Å²) in [6.45, 7) is 1.32. The second kappa shape index (κ2) is 6.04. The summed E-state index contributed by atoms with van der Waals surface area (Å²) in [5, 5.41) is 2.96. The number of para-hydroxylation sites is 1. The quantitative estimate of drug-likeness (QED) is 0.932. The van der Waals surface area contributed by atoms with Gasteiger partial charge in [0.05, 0.1) is 5.41 Å². The lowest BCUT2D eigenvalue weighted by molar-refractivity contribution is -0.122. The van der Waals surface area contributed by atoms with E-state index in [-0.39, 0.29) is 17.6 Å². The van der Waals surface area contributed by atoms with Crippen LogP contribution in [0.3, 0.4) is 0 Å². The zero-order chi connectivity index (χ0) is 17.4. The van der Waals surface area contributed by atoms with E-state index in [4.69, 9.17) is 9.15 Å². The number of nitrogens with zero attached hydrogens (tertiary/aromatic N) is 1. The van der Waals surface area contributed by atoms with Crippen molar-refractivity contribution in [1.29, 1.82) is 0 Å². The number of furan rings is 1. The number of fused-ring (bicyclic) bond motifs is 2. The highest BCUT2D eigenvalue weighted by Gasteiger charge is 2.50.